The van der Waals surface area contributed by atoms with Crippen LogP contribution in [0.1, 0.15) is 30.4 Å². The van der Waals surface area contributed by atoms with Gasteiger partial charge in [-0.15, -0.1) is 0 Å². The maximum absolute atomic E-state index is 12.9. The summed E-state index contributed by atoms with van der Waals surface area (Å²) in [6, 6.07) is 8.18. The molecule has 126 valence electrons. The molecule has 1 amide bonds. The predicted molar refractivity (Wildman–Crippen MR) is 90.1 cm³/mol. The molecule has 1 aromatic heterocycles. The Morgan fingerprint density at radius 1 is 1.38 bits per heavy atom. The second-order valence-corrected chi connectivity index (χ2v) is 6.92. The molecule has 1 aliphatic heterocycles. The van der Waals surface area contributed by atoms with Crippen molar-refractivity contribution in [1.82, 2.24) is 25.4 Å². The summed E-state index contributed by atoms with van der Waals surface area (Å²) in [5.41, 5.74) is 2.12. The van der Waals surface area contributed by atoms with Gasteiger partial charge in [0, 0.05) is 13.1 Å². The topological polar surface area (TPSA) is 71.8 Å². The number of fused-ring (bicyclic) bond motifs is 1. The van der Waals surface area contributed by atoms with Gasteiger partial charge in [0.05, 0.1) is 12.0 Å². The molecule has 0 unspecified atom stereocenters. The fourth-order valence-corrected chi connectivity index (χ4v) is 4.25. The summed E-state index contributed by atoms with van der Waals surface area (Å²) in [7, 11) is 0. The molecular formula is C18H23N5O. The highest BCUT2D eigenvalue weighted by atomic mass is 16.2. The van der Waals surface area contributed by atoms with Crippen LogP contribution in [0.2, 0.25) is 0 Å². The second-order valence-electron chi connectivity index (χ2n) is 6.92. The maximum Gasteiger partial charge on any atom is 0.228 e. The molecule has 4 rings (SSSR count). The first kappa shape index (κ1) is 15.3. The molecule has 0 spiro atoms. The van der Waals surface area contributed by atoms with Crippen molar-refractivity contribution in [3.8, 4) is 0 Å². The number of nitrogens with one attached hydrogen (secondary N) is 2. The quantitative estimate of drug-likeness (QED) is 0.870. The van der Waals surface area contributed by atoms with Crippen LogP contribution in [0, 0.1) is 11.3 Å². The van der Waals surface area contributed by atoms with E-state index in [1.54, 1.807) is 11.0 Å². The molecular weight excluding hydrogens is 302 g/mol. The van der Waals surface area contributed by atoms with Gasteiger partial charge in [-0.1, -0.05) is 30.7 Å². The van der Waals surface area contributed by atoms with Crippen LogP contribution >= 0.6 is 0 Å². The first-order valence-electron chi connectivity index (χ1n) is 8.66. The Balaban J connectivity index is 1.45. The highest BCUT2D eigenvalue weighted by Gasteiger charge is 2.51. The summed E-state index contributed by atoms with van der Waals surface area (Å²) >= 11 is 0. The molecule has 6 heteroatoms. The van der Waals surface area contributed by atoms with E-state index >= 15 is 0 Å². The minimum absolute atomic E-state index is 0.180. The SMILES string of the molecule is O=C(NCc1ccccc1Cn1cncn1)[C@@]12CCC[C@@H]1CNC2. The van der Waals surface area contributed by atoms with Crippen molar-refractivity contribution >= 4 is 5.91 Å². The highest BCUT2D eigenvalue weighted by molar-refractivity contribution is 5.84. The smallest absolute Gasteiger partial charge is 0.228 e. The van der Waals surface area contributed by atoms with Gasteiger partial charge in [0.15, 0.2) is 0 Å². The molecule has 2 N–H and O–H groups in total. The van der Waals surface area contributed by atoms with Crippen LogP contribution in [0.15, 0.2) is 36.9 Å². The van der Waals surface area contributed by atoms with Gasteiger partial charge in [-0.2, -0.15) is 5.10 Å². The molecule has 1 aliphatic carbocycles. The summed E-state index contributed by atoms with van der Waals surface area (Å²) in [4.78, 5) is 16.9. The van der Waals surface area contributed by atoms with Gasteiger partial charge in [-0.3, -0.25) is 4.79 Å². The van der Waals surface area contributed by atoms with Crippen LogP contribution < -0.4 is 10.6 Å². The highest BCUT2D eigenvalue weighted by Crippen LogP contribution is 2.45. The fourth-order valence-electron chi connectivity index (χ4n) is 4.25. The van der Waals surface area contributed by atoms with Crippen LogP contribution in [-0.4, -0.2) is 33.8 Å². The van der Waals surface area contributed by atoms with Gasteiger partial charge in [0.1, 0.15) is 12.7 Å². The Labute approximate surface area is 141 Å². The van der Waals surface area contributed by atoms with Gasteiger partial charge >= 0.3 is 0 Å². The molecule has 1 aromatic carbocycles. The van der Waals surface area contributed by atoms with Crippen molar-refractivity contribution in [2.24, 2.45) is 11.3 Å². The summed E-state index contributed by atoms with van der Waals surface area (Å²) in [6.07, 6.45) is 6.60. The second kappa shape index (κ2) is 6.36. The molecule has 2 atom stereocenters. The molecule has 2 heterocycles. The van der Waals surface area contributed by atoms with E-state index in [1.165, 1.54) is 19.2 Å². The molecule has 2 aliphatic rings. The standard InChI is InChI=1S/C18H23N5O/c24-17(18-7-3-6-16(18)9-19-11-18)21-8-14-4-1-2-5-15(14)10-23-13-20-12-22-23/h1-2,4-5,12-13,16,19H,3,6-11H2,(H,21,24)/t16-,18-/m1/s1. The summed E-state index contributed by atoms with van der Waals surface area (Å²) < 4.78 is 1.80. The number of benzene rings is 1. The van der Waals surface area contributed by atoms with E-state index < -0.39 is 0 Å². The van der Waals surface area contributed by atoms with Gasteiger partial charge in [-0.05, 0) is 36.4 Å². The van der Waals surface area contributed by atoms with E-state index in [9.17, 15) is 4.79 Å². The summed E-state index contributed by atoms with van der Waals surface area (Å²) in [5.74, 6) is 0.716. The van der Waals surface area contributed by atoms with Crippen molar-refractivity contribution in [3.05, 3.63) is 48.0 Å². The summed E-state index contributed by atoms with van der Waals surface area (Å²) in [5, 5.41) is 10.8. The van der Waals surface area contributed by atoms with Gasteiger partial charge in [0.2, 0.25) is 5.91 Å². The number of rotatable bonds is 5. The van der Waals surface area contributed by atoms with Gasteiger partial charge < -0.3 is 10.6 Å². The number of hydrogen-bond acceptors (Lipinski definition) is 4. The molecule has 6 nitrogen and oxygen atoms in total. The van der Waals surface area contributed by atoms with Crippen molar-refractivity contribution in [3.63, 3.8) is 0 Å². The minimum atomic E-state index is -0.180. The van der Waals surface area contributed by atoms with Crippen LogP contribution in [-0.2, 0) is 17.9 Å². The summed E-state index contributed by atoms with van der Waals surface area (Å²) in [6.45, 7) is 3.04. The lowest BCUT2D eigenvalue weighted by Gasteiger charge is -2.27. The molecule has 0 bridgehead atoms. The average Bonchev–Trinajstić information content (AvgIpc) is 3.30. The van der Waals surface area contributed by atoms with E-state index in [2.05, 4.69) is 32.8 Å². The Morgan fingerprint density at radius 3 is 3.08 bits per heavy atom. The normalized spacial score (nSPS) is 25.6. The molecule has 24 heavy (non-hydrogen) atoms. The Bertz CT molecular complexity index is 702. The third kappa shape index (κ3) is 2.71. The van der Waals surface area contributed by atoms with Gasteiger partial charge in [0.25, 0.3) is 0 Å². The number of carbonyl (C=O) groups is 1. The van der Waals surface area contributed by atoms with Crippen LogP contribution in [0.3, 0.4) is 0 Å². The average molecular weight is 325 g/mol. The Kier molecular flexibility index (Phi) is 4.06. The molecule has 0 radical (unpaired) electrons. The zero-order valence-corrected chi connectivity index (χ0v) is 13.7. The van der Waals surface area contributed by atoms with Crippen LogP contribution in [0.4, 0.5) is 0 Å². The van der Waals surface area contributed by atoms with E-state index in [0.717, 1.165) is 30.6 Å². The minimum Gasteiger partial charge on any atom is -0.351 e. The van der Waals surface area contributed by atoms with Crippen molar-refractivity contribution in [2.75, 3.05) is 13.1 Å². The maximum atomic E-state index is 12.9. The monoisotopic (exact) mass is 325 g/mol. The first-order chi connectivity index (χ1) is 11.8. The van der Waals surface area contributed by atoms with Crippen molar-refractivity contribution < 1.29 is 4.79 Å². The number of amides is 1. The lowest BCUT2D eigenvalue weighted by Crippen LogP contribution is -2.43. The first-order valence-corrected chi connectivity index (χ1v) is 8.66. The lowest BCUT2D eigenvalue weighted by atomic mass is 9.80. The van der Waals surface area contributed by atoms with E-state index in [-0.39, 0.29) is 11.3 Å². The number of carbonyl (C=O) groups excluding carboxylic acids is 1. The fraction of sp³-hybridized carbons (Fsp3) is 0.500. The van der Waals surface area contributed by atoms with Gasteiger partial charge in [-0.25, -0.2) is 9.67 Å². The number of aromatic nitrogens is 3. The van der Waals surface area contributed by atoms with E-state index in [4.69, 9.17) is 0 Å². The zero-order chi connectivity index (χ0) is 16.4. The van der Waals surface area contributed by atoms with Crippen molar-refractivity contribution in [1.29, 1.82) is 0 Å². The number of hydrogen-bond donors (Lipinski definition) is 2. The molecule has 1 saturated heterocycles. The van der Waals surface area contributed by atoms with E-state index in [0.29, 0.717) is 19.0 Å². The van der Waals surface area contributed by atoms with Crippen LogP contribution in [0.25, 0.3) is 0 Å². The van der Waals surface area contributed by atoms with Crippen molar-refractivity contribution in [2.45, 2.75) is 32.4 Å². The zero-order valence-electron chi connectivity index (χ0n) is 13.7. The molecule has 2 fully saturated rings. The number of nitrogens with zero attached hydrogens (tertiary/aromatic N) is 3. The predicted octanol–water partition coefficient (Wildman–Crippen LogP) is 1.33. The Hall–Kier alpha value is -2.21. The molecule has 1 saturated carbocycles. The third-order valence-corrected chi connectivity index (χ3v) is 5.60. The largest absolute Gasteiger partial charge is 0.351 e. The van der Waals surface area contributed by atoms with Crippen LogP contribution in [0.5, 0.6) is 0 Å². The molecule has 2 aromatic rings. The third-order valence-electron chi connectivity index (χ3n) is 5.60. The Morgan fingerprint density at radius 2 is 2.25 bits per heavy atom. The lowest BCUT2D eigenvalue weighted by molar-refractivity contribution is -0.131. The van der Waals surface area contributed by atoms with E-state index in [1.807, 2.05) is 12.1 Å².